The zero-order chi connectivity index (χ0) is 22.3. The van der Waals surface area contributed by atoms with Gasteiger partial charge in [-0.1, -0.05) is 17.7 Å². The average molecular weight is 481 g/mol. The van der Waals surface area contributed by atoms with E-state index in [1.54, 1.807) is 17.6 Å². The summed E-state index contributed by atoms with van der Waals surface area (Å²) in [5.74, 6) is -1.49. The first kappa shape index (κ1) is 21.7. The number of carboxylic acids is 1. The summed E-state index contributed by atoms with van der Waals surface area (Å²) >= 11 is 7.32. The van der Waals surface area contributed by atoms with Crippen molar-refractivity contribution < 1.29 is 22.7 Å². The molecule has 10 heteroatoms. The lowest BCUT2D eigenvalue weighted by molar-refractivity contribution is -0.137. The summed E-state index contributed by atoms with van der Waals surface area (Å²) in [6.07, 6.45) is 4.11. The fraction of sp³-hybridized carbons (Fsp3) is 0.238. The largest absolute Gasteiger partial charge is 0.480 e. The van der Waals surface area contributed by atoms with Gasteiger partial charge in [0.25, 0.3) is 0 Å². The number of nitrogens with zero attached hydrogens (tertiary/aromatic N) is 2. The number of aromatic nitrogens is 1. The standard InChI is InChI=1S/C21H18ClFN2O4S2/c1-12-14(15-8-13(23)5-6-16(15)25(12)11-21(26)27)9-17-18(10-19(22)30-17)31(28,29)20-4-2-3-7-24-20/h2,4-6,8,10H,3,7,9,11H2,1H3,(H,26,27). The van der Waals surface area contributed by atoms with Gasteiger partial charge in [-0.2, -0.15) is 0 Å². The highest BCUT2D eigenvalue weighted by Gasteiger charge is 2.28. The highest BCUT2D eigenvalue weighted by molar-refractivity contribution is 8.07. The highest BCUT2D eigenvalue weighted by Crippen LogP contribution is 2.36. The number of sulfone groups is 1. The van der Waals surface area contributed by atoms with E-state index in [1.807, 2.05) is 0 Å². The van der Waals surface area contributed by atoms with Gasteiger partial charge < -0.3 is 9.67 Å². The molecule has 0 aliphatic carbocycles. The zero-order valence-corrected chi connectivity index (χ0v) is 18.8. The molecule has 0 amide bonds. The average Bonchev–Trinajstić information content (AvgIpc) is 3.22. The molecule has 31 heavy (non-hydrogen) atoms. The quantitative estimate of drug-likeness (QED) is 0.577. The van der Waals surface area contributed by atoms with Crippen molar-refractivity contribution in [2.45, 2.75) is 31.2 Å². The molecule has 4 rings (SSSR count). The number of thiophene rings is 1. The number of fused-ring (bicyclic) bond motifs is 1. The van der Waals surface area contributed by atoms with Crippen LogP contribution in [-0.2, 0) is 27.6 Å². The highest BCUT2D eigenvalue weighted by atomic mass is 35.5. The van der Waals surface area contributed by atoms with Gasteiger partial charge in [0.05, 0.1) is 9.23 Å². The summed E-state index contributed by atoms with van der Waals surface area (Å²) in [7, 11) is -3.86. The van der Waals surface area contributed by atoms with Gasteiger partial charge in [0.2, 0.25) is 9.84 Å². The van der Waals surface area contributed by atoms with E-state index in [-0.39, 0.29) is 22.9 Å². The second kappa shape index (κ2) is 8.22. The molecule has 0 fully saturated rings. The smallest absolute Gasteiger partial charge is 0.323 e. The van der Waals surface area contributed by atoms with Crippen molar-refractivity contribution in [3.8, 4) is 0 Å². The third kappa shape index (κ3) is 4.05. The molecule has 0 unspecified atom stereocenters. The van der Waals surface area contributed by atoms with Crippen LogP contribution in [0.5, 0.6) is 0 Å². The fourth-order valence-electron chi connectivity index (χ4n) is 3.75. The maximum atomic E-state index is 14.0. The predicted octanol–water partition coefficient (Wildman–Crippen LogP) is 4.61. The molecule has 0 saturated heterocycles. The monoisotopic (exact) mass is 480 g/mol. The maximum Gasteiger partial charge on any atom is 0.323 e. The van der Waals surface area contributed by atoms with E-state index >= 15 is 0 Å². The van der Waals surface area contributed by atoms with E-state index in [0.717, 1.165) is 11.3 Å². The van der Waals surface area contributed by atoms with Gasteiger partial charge in [0.1, 0.15) is 12.4 Å². The number of carboxylic acid groups (broad SMARTS) is 1. The lowest BCUT2D eigenvalue weighted by Gasteiger charge is -2.09. The van der Waals surface area contributed by atoms with Crippen LogP contribution in [0.2, 0.25) is 4.34 Å². The van der Waals surface area contributed by atoms with E-state index < -0.39 is 21.6 Å². The summed E-state index contributed by atoms with van der Waals surface area (Å²) in [5, 5.41) is 9.83. The molecule has 0 radical (unpaired) electrons. The Morgan fingerprint density at radius 2 is 2.13 bits per heavy atom. The molecular formula is C21H18ClFN2O4S2. The summed E-state index contributed by atoms with van der Waals surface area (Å²) in [5.41, 5.74) is 1.86. The van der Waals surface area contributed by atoms with Gasteiger partial charge in [0, 0.05) is 34.4 Å². The third-order valence-electron chi connectivity index (χ3n) is 5.18. The Hall–Kier alpha value is -2.49. The number of aliphatic carboxylic acids is 1. The van der Waals surface area contributed by atoms with Crippen LogP contribution in [0.4, 0.5) is 4.39 Å². The van der Waals surface area contributed by atoms with Gasteiger partial charge >= 0.3 is 5.97 Å². The number of benzene rings is 1. The van der Waals surface area contributed by atoms with E-state index in [0.29, 0.717) is 44.3 Å². The minimum absolute atomic E-state index is 0.00876. The van der Waals surface area contributed by atoms with Crippen molar-refractivity contribution in [1.82, 2.24) is 4.57 Å². The van der Waals surface area contributed by atoms with Crippen LogP contribution in [-0.4, -0.2) is 35.6 Å². The van der Waals surface area contributed by atoms with E-state index in [2.05, 4.69) is 4.99 Å². The Morgan fingerprint density at radius 1 is 1.35 bits per heavy atom. The van der Waals surface area contributed by atoms with Crippen LogP contribution >= 0.6 is 22.9 Å². The number of hydrogen-bond donors (Lipinski definition) is 1. The number of dihydropyridines is 1. The van der Waals surface area contributed by atoms with Gasteiger partial charge in [-0.15, -0.1) is 11.3 Å². The molecule has 1 N–H and O–H groups in total. The topological polar surface area (TPSA) is 88.7 Å². The minimum Gasteiger partial charge on any atom is -0.480 e. The van der Waals surface area contributed by atoms with Gasteiger partial charge in [-0.3, -0.25) is 9.79 Å². The number of aliphatic imine (C=N–C) groups is 1. The molecule has 3 aromatic rings. The summed E-state index contributed by atoms with van der Waals surface area (Å²) in [6.45, 7) is 1.86. The summed E-state index contributed by atoms with van der Waals surface area (Å²) in [6, 6.07) is 5.56. The first-order valence-electron chi connectivity index (χ1n) is 9.42. The first-order valence-corrected chi connectivity index (χ1v) is 12.1. The molecule has 0 saturated carbocycles. The Bertz CT molecular complexity index is 1370. The van der Waals surface area contributed by atoms with E-state index in [1.165, 1.54) is 30.3 Å². The number of carbonyl (C=O) groups is 1. The van der Waals surface area contributed by atoms with Gasteiger partial charge in [-0.05, 0) is 49.2 Å². The van der Waals surface area contributed by atoms with Crippen molar-refractivity contribution in [2.24, 2.45) is 4.99 Å². The molecular weight excluding hydrogens is 463 g/mol. The number of halogens is 2. The Morgan fingerprint density at radius 3 is 2.81 bits per heavy atom. The van der Waals surface area contributed by atoms with Gasteiger partial charge in [-0.25, -0.2) is 12.8 Å². The van der Waals surface area contributed by atoms with E-state index in [4.69, 9.17) is 11.6 Å². The number of hydrogen-bond acceptors (Lipinski definition) is 5. The number of rotatable bonds is 5. The zero-order valence-electron chi connectivity index (χ0n) is 16.4. The summed E-state index contributed by atoms with van der Waals surface area (Å²) in [4.78, 5) is 16.1. The van der Waals surface area contributed by atoms with Crippen LogP contribution in [0.1, 0.15) is 22.6 Å². The maximum absolute atomic E-state index is 14.0. The molecule has 1 aromatic carbocycles. The van der Waals surface area contributed by atoms with Crippen molar-refractivity contribution in [2.75, 3.05) is 6.54 Å². The SMILES string of the molecule is Cc1c(Cc2sc(Cl)cc2S(=O)(=O)C2=NCCC=C2)c2cc(F)ccc2n1CC(=O)O. The second-order valence-electron chi connectivity index (χ2n) is 7.13. The van der Waals surface area contributed by atoms with Crippen molar-refractivity contribution in [3.05, 3.63) is 62.7 Å². The molecule has 162 valence electrons. The lowest BCUT2D eigenvalue weighted by atomic mass is 10.1. The Balaban J connectivity index is 1.85. The fourth-order valence-corrected chi connectivity index (χ4v) is 6.93. The molecule has 1 aliphatic heterocycles. The van der Waals surface area contributed by atoms with Crippen LogP contribution in [0.3, 0.4) is 0 Å². The molecule has 6 nitrogen and oxygen atoms in total. The lowest BCUT2D eigenvalue weighted by Crippen LogP contribution is -2.16. The molecule has 0 spiro atoms. The Labute approximate surface area is 187 Å². The van der Waals surface area contributed by atoms with Crippen molar-refractivity contribution >= 4 is 54.7 Å². The molecule has 3 heterocycles. The van der Waals surface area contributed by atoms with Crippen LogP contribution in [0.25, 0.3) is 10.9 Å². The summed E-state index contributed by atoms with van der Waals surface area (Å²) < 4.78 is 42.3. The molecule has 0 bridgehead atoms. The van der Waals surface area contributed by atoms with Gasteiger partial charge in [0.15, 0.2) is 5.04 Å². The predicted molar refractivity (Wildman–Crippen MR) is 120 cm³/mol. The third-order valence-corrected chi connectivity index (χ3v) is 8.33. The van der Waals surface area contributed by atoms with Crippen molar-refractivity contribution in [1.29, 1.82) is 0 Å². The van der Waals surface area contributed by atoms with E-state index in [9.17, 15) is 22.7 Å². The van der Waals surface area contributed by atoms with Crippen molar-refractivity contribution in [3.63, 3.8) is 0 Å². The second-order valence-corrected chi connectivity index (χ2v) is 10.8. The van der Waals surface area contributed by atoms with Crippen LogP contribution in [0, 0.1) is 12.7 Å². The normalized spacial score (nSPS) is 14.2. The minimum atomic E-state index is -3.86. The molecule has 1 aliphatic rings. The molecule has 2 aromatic heterocycles. The van der Waals surface area contributed by atoms with Crippen LogP contribution in [0.15, 0.2) is 46.3 Å². The first-order chi connectivity index (χ1) is 14.7. The Kier molecular flexibility index (Phi) is 5.76. The van der Waals surface area contributed by atoms with Crippen LogP contribution < -0.4 is 0 Å². The molecule has 0 atom stereocenters.